The average molecular weight is 450 g/mol. The number of carbonyl (C=O) groups excluding carboxylic acids is 2. The van der Waals surface area contributed by atoms with Crippen molar-refractivity contribution in [3.63, 3.8) is 0 Å². The zero-order chi connectivity index (χ0) is 23.6. The van der Waals surface area contributed by atoms with Gasteiger partial charge in [-0.25, -0.2) is 9.68 Å². The Morgan fingerprint density at radius 3 is 2.45 bits per heavy atom. The monoisotopic (exact) mass is 449 g/mol. The van der Waals surface area contributed by atoms with E-state index in [4.69, 9.17) is 9.78 Å². The van der Waals surface area contributed by atoms with Crippen LogP contribution in [0.2, 0.25) is 0 Å². The number of benzene rings is 2. The van der Waals surface area contributed by atoms with Crippen LogP contribution in [0.3, 0.4) is 0 Å². The number of nitrogens with one attached hydrogen (secondary N) is 1. The summed E-state index contributed by atoms with van der Waals surface area (Å²) >= 11 is 0. The Kier molecular flexibility index (Phi) is 6.31. The van der Waals surface area contributed by atoms with E-state index in [1.165, 1.54) is 0 Å². The van der Waals surface area contributed by atoms with Crippen molar-refractivity contribution in [3.05, 3.63) is 60.3 Å². The second kappa shape index (κ2) is 9.17. The van der Waals surface area contributed by atoms with Gasteiger partial charge in [0, 0.05) is 55.0 Å². The summed E-state index contributed by atoms with van der Waals surface area (Å²) in [6.45, 7) is 10.3. The molecule has 1 saturated heterocycles. The molecule has 3 aromatic rings. The third-order valence-corrected chi connectivity index (χ3v) is 6.75. The number of rotatable bonds is 6. The molecule has 4 rings (SSSR count). The van der Waals surface area contributed by atoms with Crippen LogP contribution in [0.15, 0.2) is 54.7 Å². The number of nitrogens with zero attached hydrogens (tertiary/aromatic N) is 2. The van der Waals surface area contributed by atoms with Crippen LogP contribution in [0.1, 0.15) is 38.1 Å². The minimum absolute atomic E-state index is 0.0452. The van der Waals surface area contributed by atoms with Gasteiger partial charge in [0.25, 0.3) is 5.91 Å². The minimum Gasteiger partial charge on any atom is -0.368 e. The first kappa shape index (κ1) is 22.7. The maximum Gasteiger partial charge on any atom is 0.361 e. The lowest BCUT2D eigenvalue weighted by atomic mass is 9.81. The average Bonchev–Trinajstić information content (AvgIpc) is 3.26. The highest BCUT2D eigenvalue weighted by atomic mass is 17.2. The summed E-state index contributed by atoms with van der Waals surface area (Å²) in [5.41, 5.74) is 2.01. The molecular weight excluding hydrogens is 418 g/mol. The Morgan fingerprint density at radius 2 is 1.73 bits per heavy atom. The largest absolute Gasteiger partial charge is 0.368 e. The molecule has 0 unspecified atom stereocenters. The van der Waals surface area contributed by atoms with Gasteiger partial charge in [0.1, 0.15) is 0 Å². The van der Waals surface area contributed by atoms with Crippen LogP contribution in [0, 0.1) is 11.3 Å². The zero-order valence-electron chi connectivity index (χ0n) is 19.6. The van der Waals surface area contributed by atoms with E-state index >= 15 is 0 Å². The molecule has 1 aromatic heterocycles. The molecule has 0 radical (unpaired) electrons. The van der Waals surface area contributed by atoms with Gasteiger partial charge in [0.05, 0.1) is 11.0 Å². The van der Waals surface area contributed by atoms with Crippen LogP contribution in [0.4, 0.5) is 5.69 Å². The van der Waals surface area contributed by atoms with Gasteiger partial charge in [-0.15, -0.1) is 0 Å². The van der Waals surface area contributed by atoms with E-state index in [0.29, 0.717) is 37.5 Å². The van der Waals surface area contributed by atoms with Crippen LogP contribution in [0.25, 0.3) is 10.9 Å². The molecule has 2 heterocycles. The van der Waals surface area contributed by atoms with Crippen molar-refractivity contribution in [1.82, 2.24) is 9.88 Å². The molecule has 0 saturated carbocycles. The van der Waals surface area contributed by atoms with Crippen LogP contribution in [-0.2, 0) is 9.68 Å². The highest BCUT2D eigenvalue weighted by Gasteiger charge is 2.34. The lowest BCUT2D eigenvalue weighted by Crippen LogP contribution is -2.48. The number of fused-ring (bicyclic) bond motifs is 1. The van der Waals surface area contributed by atoms with Crippen molar-refractivity contribution >= 4 is 28.5 Å². The first-order valence-electron chi connectivity index (χ1n) is 11.4. The van der Waals surface area contributed by atoms with Gasteiger partial charge in [-0.05, 0) is 38.0 Å². The molecule has 1 fully saturated rings. The summed E-state index contributed by atoms with van der Waals surface area (Å²) in [6, 6.07) is 15.3. The van der Waals surface area contributed by atoms with Gasteiger partial charge in [0.15, 0.2) is 5.75 Å². The molecule has 1 amide bonds. The summed E-state index contributed by atoms with van der Waals surface area (Å²) in [6.07, 6.45) is 1.79. The van der Waals surface area contributed by atoms with E-state index in [9.17, 15) is 9.59 Å². The summed E-state index contributed by atoms with van der Waals surface area (Å²) in [5.74, 6) is 0.247. The SMILES string of the molecule is CC(C)C(C)(C)C(=O)OOc1cccc(N2CCN(C(=O)c3c[nH]c4ccccc34)CC2)c1. The number of anilines is 1. The highest BCUT2D eigenvalue weighted by Crippen LogP contribution is 2.29. The lowest BCUT2D eigenvalue weighted by Gasteiger charge is -2.36. The number of para-hydroxylation sites is 1. The zero-order valence-corrected chi connectivity index (χ0v) is 19.6. The van der Waals surface area contributed by atoms with Crippen LogP contribution in [0.5, 0.6) is 5.75 Å². The number of amides is 1. The van der Waals surface area contributed by atoms with Gasteiger partial charge in [0.2, 0.25) is 0 Å². The first-order valence-corrected chi connectivity index (χ1v) is 11.4. The van der Waals surface area contributed by atoms with E-state index in [2.05, 4.69) is 9.88 Å². The van der Waals surface area contributed by atoms with E-state index in [-0.39, 0.29) is 11.8 Å². The number of hydrogen-bond donors (Lipinski definition) is 1. The Morgan fingerprint density at radius 1 is 1.00 bits per heavy atom. The molecule has 1 N–H and O–H groups in total. The molecular formula is C26H31N3O4. The smallest absolute Gasteiger partial charge is 0.361 e. The third-order valence-electron chi connectivity index (χ3n) is 6.75. The topological polar surface area (TPSA) is 74.9 Å². The predicted octanol–water partition coefficient (Wildman–Crippen LogP) is 4.65. The molecule has 7 nitrogen and oxygen atoms in total. The maximum absolute atomic E-state index is 13.1. The quantitative estimate of drug-likeness (QED) is 0.438. The van der Waals surface area contributed by atoms with Crippen molar-refractivity contribution in [1.29, 1.82) is 0 Å². The van der Waals surface area contributed by atoms with E-state index < -0.39 is 11.4 Å². The van der Waals surface area contributed by atoms with Crippen LogP contribution < -0.4 is 9.79 Å². The van der Waals surface area contributed by atoms with E-state index in [1.807, 2.05) is 75.1 Å². The Bertz CT molecular complexity index is 1140. The molecule has 7 heteroatoms. The molecule has 33 heavy (non-hydrogen) atoms. The third kappa shape index (κ3) is 4.67. The fraction of sp³-hybridized carbons (Fsp3) is 0.385. The second-order valence-electron chi connectivity index (χ2n) is 9.36. The van der Waals surface area contributed by atoms with Gasteiger partial charge >= 0.3 is 5.97 Å². The Hall–Kier alpha value is -3.48. The summed E-state index contributed by atoms with van der Waals surface area (Å²) in [5, 5.41) is 0.949. The predicted molar refractivity (Wildman–Crippen MR) is 128 cm³/mol. The standard InChI is InChI=1S/C26H31N3O4/c1-18(2)26(3,4)25(31)33-32-20-9-7-8-19(16-20)28-12-14-29(15-13-28)24(30)22-17-27-23-11-6-5-10-21(22)23/h5-11,16-18,27H,12-15H2,1-4H3. The fourth-order valence-corrected chi connectivity index (χ4v) is 3.75. The molecule has 0 spiro atoms. The number of carbonyl (C=O) groups is 2. The van der Waals surface area contributed by atoms with E-state index in [0.717, 1.165) is 16.6 Å². The number of aromatic amines is 1. The summed E-state index contributed by atoms with van der Waals surface area (Å²) in [4.78, 5) is 43.1. The van der Waals surface area contributed by atoms with Crippen molar-refractivity contribution in [2.24, 2.45) is 11.3 Å². The van der Waals surface area contributed by atoms with Gasteiger partial charge in [-0.3, -0.25) is 9.68 Å². The minimum atomic E-state index is -0.634. The van der Waals surface area contributed by atoms with Crippen LogP contribution in [-0.4, -0.2) is 47.9 Å². The number of hydrogen-bond acceptors (Lipinski definition) is 5. The van der Waals surface area contributed by atoms with Crippen molar-refractivity contribution in [2.45, 2.75) is 27.7 Å². The van der Waals surface area contributed by atoms with E-state index in [1.54, 1.807) is 12.3 Å². The van der Waals surface area contributed by atoms with Crippen molar-refractivity contribution < 1.29 is 19.4 Å². The maximum atomic E-state index is 13.1. The number of H-pyrrole nitrogens is 1. The van der Waals surface area contributed by atoms with Gasteiger partial charge in [-0.1, -0.05) is 38.1 Å². The van der Waals surface area contributed by atoms with Crippen molar-refractivity contribution in [2.75, 3.05) is 31.1 Å². The fourth-order valence-electron chi connectivity index (χ4n) is 3.75. The Labute approximate surface area is 194 Å². The summed E-state index contributed by atoms with van der Waals surface area (Å²) in [7, 11) is 0. The molecule has 1 aliphatic rings. The summed E-state index contributed by atoms with van der Waals surface area (Å²) < 4.78 is 0. The lowest BCUT2D eigenvalue weighted by molar-refractivity contribution is -0.226. The molecule has 0 aliphatic carbocycles. The normalized spacial score (nSPS) is 14.6. The van der Waals surface area contributed by atoms with Gasteiger partial charge < -0.3 is 14.8 Å². The highest BCUT2D eigenvalue weighted by molar-refractivity contribution is 6.06. The van der Waals surface area contributed by atoms with Crippen molar-refractivity contribution in [3.8, 4) is 5.75 Å². The van der Waals surface area contributed by atoms with Crippen LogP contribution >= 0.6 is 0 Å². The number of aromatic nitrogens is 1. The van der Waals surface area contributed by atoms with Gasteiger partial charge in [-0.2, -0.15) is 0 Å². The molecule has 1 aliphatic heterocycles. The Balaban J connectivity index is 1.36. The molecule has 2 aromatic carbocycles. The molecule has 174 valence electrons. The molecule has 0 bridgehead atoms. The second-order valence-corrected chi connectivity index (χ2v) is 9.36. The number of piperazine rings is 1. The molecule has 0 atom stereocenters. The first-order chi connectivity index (χ1) is 15.8.